The van der Waals surface area contributed by atoms with Crippen molar-refractivity contribution in [1.82, 2.24) is 19.5 Å². The third-order valence-electron chi connectivity index (χ3n) is 3.09. The quantitative estimate of drug-likeness (QED) is 0.709. The summed E-state index contributed by atoms with van der Waals surface area (Å²) in [5.74, 6) is 0.896. The van der Waals surface area contributed by atoms with Crippen molar-refractivity contribution in [1.29, 1.82) is 0 Å². The lowest BCUT2D eigenvalue weighted by molar-refractivity contribution is 0.790. The Bertz CT molecular complexity index is 768. The van der Waals surface area contributed by atoms with Crippen molar-refractivity contribution in [2.45, 2.75) is 13.5 Å². The number of benzene rings is 1. The molecule has 3 aromatic rings. The number of hydrogen-bond donors (Lipinski definition) is 2. The third kappa shape index (κ3) is 2.69. The van der Waals surface area contributed by atoms with E-state index in [-0.39, 0.29) is 0 Å². The highest BCUT2D eigenvalue weighted by Crippen LogP contribution is 2.24. The highest BCUT2D eigenvalue weighted by atomic mass is 79.9. The van der Waals surface area contributed by atoms with Crippen LogP contribution in [0, 0.1) is 0 Å². The van der Waals surface area contributed by atoms with E-state index in [1.165, 1.54) is 5.56 Å². The first-order chi connectivity index (χ1) is 10.2. The first-order valence-corrected chi connectivity index (χ1v) is 7.45. The lowest BCUT2D eigenvalue weighted by atomic mass is 10.2. The van der Waals surface area contributed by atoms with Crippen LogP contribution in [0.25, 0.3) is 11.2 Å². The van der Waals surface area contributed by atoms with E-state index < -0.39 is 0 Å². The minimum atomic E-state index is 0.378. The number of fused-ring (bicyclic) bond motifs is 1. The summed E-state index contributed by atoms with van der Waals surface area (Å²) in [4.78, 5) is 13.1. The summed E-state index contributed by atoms with van der Waals surface area (Å²) in [5.41, 5.74) is 8.47. The van der Waals surface area contributed by atoms with Crippen molar-refractivity contribution in [3.05, 3.63) is 40.6 Å². The number of nitrogens with two attached hydrogens (primary N) is 1. The Morgan fingerprint density at radius 1 is 1.19 bits per heavy atom. The molecule has 0 atom stereocenters. The Morgan fingerprint density at radius 3 is 2.67 bits per heavy atom. The van der Waals surface area contributed by atoms with E-state index in [2.05, 4.69) is 48.3 Å². The zero-order chi connectivity index (χ0) is 14.8. The predicted molar refractivity (Wildman–Crippen MR) is 87.1 cm³/mol. The third-order valence-corrected chi connectivity index (χ3v) is 3.70. The SMILES string of the molecule is CCNc1nc(N)c2nc(Br)n(Cc3ccccc3)c2n1. The molecule has 7 heteroatoms. The number of anilines is 2. The van der Waals surface area contributed by atoms with Gasteiger partial charge >= 0.3 is 0 Å². The van der Waals surface area contributed by atoms with Crippen molar-refractivity contribution < 1.29 is 0 Å². The van der Waals surface area contributed by atoms with E-state index in [0.29, 0.717) is 34.2 Å². The molecule has 0 unspecified atom stereocenters. The normalized spacial score (nSPS) is 11.0. The lowest BCUT2D eigenvalue weighted by Crippen LogP contribution is -2.07. The minimum absolute atomic E-state index is 0.378. The number of nitrogens with zero attached hydrogens (tertiary/aromatic N) is 4. The molecule has 0 bridgehead atoms. The summed E-state index contributed by atoms with van der Waals surface area (Å²) in [5, 5.41) is 3.08. The molecule has 0 aliphatic carbocycles. The molecule has 2 aromatic heterocycles. The maximum absolute atomic E-state index is 5.98. The second kappa shape index (κ2) is 5.69. The Labute approximate surface area is 130 Å². The fraction of sp³-hybridized carbons (Fsp3) is 0.214. The zero-order valence-electron chi connectivity index (χ0n) is 11.5. The van der Waals surface area contributed by atoms with Gasteiger partial charge in [-0.05, 0) is 28.4 Å². The van der Waals surface area contributed by atoms with E-state index in [1.807, 2.05) is 29.7 Å². The summed E-state index contributed by atoms with van der Waals surface area (Å²) in [6.45, 7) is 3.39. The van der Waals surface area contributed by atoms with Crippen LogP contribution in [0.4, 0.5) is 11.8 Å². The van der Waals surface area contributed by atoms with Crippen molar-refractivity contribution in [2.24, 2.45) is 0 Å². The highest BCUT2D eigenvalue weighted by Gasteiger charge is 2.15. The van der Waals surface area contributed by atoms with Gasteiger partial charge in [-0.25, -0.2) is 4.98 Å². The lowest BCUT2D eigenvalue weighted by Gasteiger charge is -2.07. The van der Waals surface area contributed by atoms with Crippen molar-refractivity contribution >= 4 is 38.9 Å². The van der Waals surface area contributed by atoms with Gasteiger partial charge in [-0.1, -0.05) is 30.3 Å². The standard InChI is InChI=1S/C14H15BrN6/c1-2-17-14-19-11(16)10-12(20-14)21(13(15)18-10)8-9-6-4-3-5-7-9/h3-7H,2,8H2,1H3,(H3,16,17,19,20). The van der Waals surface area contributed by atoms with Gasteiger partial charge in [0.2, 0.25) is 5.95 Å². The van der Waals surface area contributed by atoms with Gasteiger partial charge < -0.3 is 11.1 Å². The molecule has 21 heavy (non-hydrogen) atoms. The van der Waals surface area contributed by atoms with Crippen LogP contribution in [0.1, 0.15) is 12.5 Å². The molecule has 3 rings (SSSR count). The molecule has 0 aliphatic heterocycles. The molecule has 2 heterocycles. The molecule has 0 saturated carbocycles. The smallest absolute Gasteiger partial charge is 0.226 e. The number of rotatable bonds is 4. The molecule has 0 amide bonds. The van der Waals surface area contributed by atoms with Crippen molar-refractivity contribution in [3.63, 3.8) is 0 Å². The van der Waals surface area contributed by atoms with Gasteiger partial charge in [0.1, 0.15) is 0 Å². The summed E-state index contributed by atoms with van der Waals surface area (Å²) < 4.78 is 2.67. The molecular weight excluding hydrogens is 332 g/mol. The van der Waals surface area contributed by atoms with Crippen LogP contribution in [-0.4, -0.2) is 26.1 Å². The number of nitrogen functional groups attached to an aromatic ring is 1. The van der Waals surface area contributed by atoms with Crippen LogP contribution in [0.15, 0.2) is 35.1 Å². The second-order valence-electron chi connectivity index (χ2n) is 4.59. The molecule has 6 nitrogen and oxygen atoms in total. The molecule has 108 valence electrons. The summed E-state index contributed by atoms with van der Waals surface area (Å²) in [6.07, 6.45) is 0. The van der Waals surface area contributed by atoms with E-state index in [1.54, 1.807) is 0 Å². The predicted octanol–water partition coefficient (Wildman–Crippen LogP) is 2.65. The minimum Gasteiger partial charge on any atom is -0.382 e. The monoisotopic (exact) mass is 346 g/mol. The Morgan fingerprint density at radius 2 is 1.95 bits per heavy atom. The number of hydrogen-bond acceptors (Lipinski definition) is 5. The van der Waals surface area contributed by atoms with Gasteiger partial charge in [-0.3, -0.25) is 4.57 Å². The largest absolute Gasteiger partial charge is 0.382 e. The molecule has 0 fully saturated rings. The van der Waals surface area contributed by atoms with E-state index in [0.717, 1.165) is 6.54 Å². The maximum atomic E-state index is 5.98. The van der Waals surface area contributed by atoms with Crippen molar-refractivity contribution in [3.8, 4) is 0 Å². The Kier molecular flexibility index (Phi) is 3.74. The first kappa shape index (κ1) is 13.8. The van der Waals surface area contributed by atoms with Gasteiger partial charge in [0.25, 0.3) is 0 Å². The van der Waals surface area contributed by atoms with Crippen LogP contribution in [-0.2, 0) is 6.54 Å². The zero-order valence-corrected chi connectivity index (χ0v) is 13.1. The second-order valence-corrected chi connectivity index (χ2v) is 5.30. The molecule has 1 aromatic carbocycles. The van der Waals surface area contributed by atoms with Crippen LogP contribution >= 0.6 is 15.9 Å². The van der Waals surface area contributed by atoms with Gasteiger partial charge in [0.05, 0.1) is 6.54 Å². The maximum Gasteiger partial charge on any atom is 0.226 e. The Balaban J connectivity index is 2.10. The molecule has 3 N–H and O–H groups in total. The number of halogens is 1. The fourth-order valence-corrected chi connectivity index (χ4v) is 2.61. The molecule has 0 spiro atoms. The van der Waals surface area contributed by atoms with Gasteiger partial charge in [-0.2, -0.15) is 9.97 Å². The van der Waals surface area contributed by atoms with E-state index in [9.17, 15) is 0 Å². The number of nitrogens with one attached hydrogen (secondary N) is 1. The van der Waals surface area contributed by atoms with Gasteiger partial charge in [0, 0.05) is 6.54 Å². The fourth-order valence-electron chi connectivity index (χ4n) is 2.14. The average molecular weight is 347 g/mol. The first-order valence-electron chi connectivity index (χ1n) is 6.66. The van der Waals surface area contributed by atoms with Gasteiger partial charge in [0.15, 0.2) is 21.7 Å². The summed E-state index contributed by atoms with van der Waals surface area (Å²) in [6, 6.07) is 10.1. The highest BCUT2D eigenvalue weighted by molar-refractivity contribution is 9.10. The molecule has 0 saturated heterocycles. The van der Waals surface area contributed by atoms with E-state index in [4.69, 9.17) is 5.73 Å². The molecular formula is C14H15BrN6. The Hall–Kier alpha value is -2.15. The van der Waals surface area contributed by atoms with Crippen LogP contribution < -0.4 is 11.1 Å². The van der Waals surface area contributed by atoms with Gasteiger partial charge in [-0.15, -0.1) is 0 Å². The number of aromatic nitrogens is 4. The van der Waals surface area contributed by atoms with Crippen LogP contribution in [0.5, 0.6) is 0 Å². The van der Waals surface area contributed by atoms with Crippen LogP contribution in [0.2, 0.25) is 0 Å². The van der Waals surface area contributed by atoms with E-state index >= 15 is 0 Å². The average Bonchev–Trinajstić information content (AvgIpc) is 2.78. The van der Waals surface area contributed by atoms with Crippen LogP contribution in [0.3, 0.4) is 0 Å². The number of imidazole rings is 1. The summed E-state index contributed by atoms with van der Waals surface area (Å²) >= 11 is 3.47. The summed E-state index contributed by atoms with van der Waals surface area (Å²) in [7, 11) is 0. The molecule has 0 aliphatic rings. The van der Waals surface area contributed by atoms with Crippen molar-refractivity contribution in [2.75, 3.05) is 17.6 Å². The topological polar surface area (TPSA) is 81.6 Å². The molecule has 0 radical (unpaired) electrons.